The number of halogens is 1. The minimum Gasteiger partial charge on any atom is -0.384 e. The van der Waals surface area contributed by atoms with Gasteiger partial charge in [-0.25, -0.2) is 0 Å². The number of rotatable bonds is 5. The molecule has 0 aromatic carbocycles. The van der Waals surface area contributed by atoms with Crippen LogP contribution in [-0.4, -0.2) is 19.6 Å². The minimum absolute atomic E-state index is 0.295. The first-order valence-electron chi connectivity index (χ1n) is 3.67. The highest BCUT2D eigenvalue weighted by atomic mass is 35.5. The van der Waals surface area contributed by atoms with Crippen molar-refractivity contribution in [2.45, 2.75) is 26.7 Å². The fraction of sp³-hybridized carbons (Fsp3) is 1.00. The third-order valence-corrected chi connectivity index (χ3v) is 1.79. The lowest BCUT2D eigenvalue weighted by molar-refractivity contribution is 0.0979. The molecule has 0 saturated heterocycles. The average molecular weight is 165 g/mol. The van der Waals surface area contributed by atoms with Crippen molar-refractivity contribution in [2.75, 3.05) is 19.6 Å². The number of ether oxygens (including phenoxy) is 1. The van der Waals surface area contributed by atoms with E-state index >= 15 is 0 Å². The summed E-state index contributed by atoms with van der Waals surface area (Å²) in [4.78, 5) is 0. The van der Waals surface area contributed by atoms with Gasteiger partial charge in [0.15, 0.2) is 0 Å². The summed E-state index contributed by atoms with van der Waals surface area (Å²) in [6.45, 7) is 5.22. The fourth-order valence-corrected chi connectivity index (χ4v) is 1.14. The lowest BCUT2D eigenvalue weighted by atomic mass is 9.89. The SMILES string of the molecule is COCC(C)(C)CCCCl. The predicted octanol–water partition coefficient (Wildman–Crippen LogP) is 2.68. The zero-order valence-electron chi connectivity index (χ0n) is 7.11. The van der Waals surface area contributed by atoms with E-state index in [9.17, 15) is 0 Å². The third-order valence-electron chi connectivity index (χ3n) is 1.52. The summed E-state index contributed by atoms with van der Waals surface area (Å²) in [5.41, 5.74) is 0.295. The van der Waals surface area contributed by atoms with Crippen LogP contribution in [-0.2, 0) is 4.74 Å². The van der Waals surface area contributed by atoms with Gasteiger partial charge in [0.1, 0.15) is 0 Å². The van der Waals surface area contributed by atoms with E-state index in [4.69, 9.17) is 16.3 Å². The smallest absolute Gasteiger partial charge is 0.0513 e. The largest absolute Gasteiger partial charge is 0.384 e. The quantitative estimate of drug-likeness (QED) is 0.568. The van der Waals surface area contributed by atoms with Crippen LogP contribution in [0.5, 0.6) is 0 Å². The maximum atomic E-state index is 5.57. The van der Waals surface area contributed by atoms with Gasteiger partial charge in [0.2, 0.25) is 0 Å². The maximum Gasteiger partial charge on any atom is 0.0513 e. The maximum absolute atomic E-state index is 5.57. The Hall–Kier alpha value is 0.250. The summed E-state index contributed by atoms with van der Waals surface area (Å²) < 4.78 is 5.06. The molecule has 0 N–H and O–H groups in total. The van der Waals surface area contributed by atoms with Gasteiger partial charge < -0.3 is 4.74 Å². The Labute approximate surface area is 68.7 Å². The van der Waals surface area contributed by atoms with Gasteiger partial charge in [0.05, 0.1) is 6.61 Å². The molecule has 0 aromatic rings. The van der Waals surface area contributed by atoms with Gasteiger partial charge in [-0.1, -0.05) is 13.8 Å². The van der Waals surface area contributed by atoms with Crippen LogP contribution in [0.25, 0.3) is 0 Å². The molecule has 0 aliphatic carbocycles. The van der Waals surface area contributed by atoms with E-state index in [1.54, 1.807) is 7.11 Å². The molecule has 0 unspecified atom stereocenters. The summed E-state index contributed by atoms with van der Waals surface area (Å²) in [5.74, 6) is 0.757. The Morgan fingerprint density at radius 2 is 2.00 bits per heavy atom. The van der Waals surface area contributed by atoms with Crippen molar-refractivity contribution in [1.29, 1.82) is 0 Å². The van der Waals surface area contributed by atoms with E-state index in [0.717, 1.165) is 25.3 Å². The summed E-state index contributed by atoms with van der Waals surface area (Å²) in [5, 5.41) is 0. The van der Waals surface area contributed by atoms with E-state index in [0.29, 0.717) is 5.41 Å². The van der Waals surface area contributed by atoms with Crippen molar-refractivity contribution in [2.24, 2.45) is 5.41 Å². The van der Waals surface area contributed by atoms with E-state index in [2.05, 4.69) is 13.8 Å². The van der Waals surface area contributed by atoms with Gasteiger partial charge in [-0.2, -0.15) is 0 Å². The first kappa shape index (κ1) is 10.2. The van der Waals surface area contributed by atoms with Crippen molar-refractivity contribution in [1.82, 2.24) is 0 Å². The molecule has 2 heteroatoms. The first-order valence-corrected chi connectivity index (χ1v) is 4.21. The van der Waals surface area contributed by atoms with Crippen LogP contribution in [0.4, 0.5) is 0 Å². The van der Waals surface area contributed by atoms with Crippen LogP contribution in [0, 0.1) is 5.41 Å². The number of hydrogen-bond donors (Lipinski definition) is 0. The zero-order valence-corrected chi connectivity index (χ0v) is 7.87. The third kappa shape index (κ3) is 5.07. The Kier molecular flexibility index (Phi) is 5.10. The fourth-order valence-electron chi connectivity index (χ4n) is 1.01. The highest BCUT2D eigenvalue weighted by Gasteiger charge is 2.15. The van der Waals surface area contributed by atoms with Gasteiger partial charge in [0.25, 0.3) is 0 Å². The van der Waals surface area contributed by atoms with Crippen molar-refractivity contribution in [3.05, 3.63) is 0 Å². The van der Waals surface area contributed by atoms with Crippen LogP contribution in [0.1, 0.15) is 26.7 Å². The van der Waals surface area contributed by atoms with Crippen LogP contribution >= 0.6 is 11.6 Å². The molecule has 10 heavy (non-hydrogen) atoms. The normalized spacial score (nSPS) is 12.0. The summed E-state index contributed by atoms with van der Waals surface area (Å²) >= 11 is 5.57. The Balaban J connectivity index is 3.42. The van der Waals surface area contributed by atoms with E-state index < -0.39 is 0 Å². The standard InChI is InChI=1S/C8H17ClO/c1-8(2,7-10-3)5-4-6-9/h4-7H2,1-3H3. The molecule has 1 nitrogen and oxygen atoms in total. The molecule has 0 aromatic heterocycles. The van der Waals surface area contributed by atoms with Gasteiger partial charge in [-0.05, 0) is 18.3 Å². The molecular formula is C8H17ClO. The Bertz CT molecular complexity index is 81.3. The topological polar surface area (TPSA) is 9.23 Å². The average Bonchev–Trinajstić information content (AvgIpc) is 1.84. The van der Waals surface area contributed by atoms with Crippen LogP contribution < -0.4 is 0 Å². The van der Waals surface area contributed by atoms with E-state index in [1.165, 1.54) is 0 Å². The molecule has 0 saturated carbocycles. The molecule has 0 rings (SSSR count). The van der Waals surface area contributed by atoms with Crippen LogP contribution in [0.2, 0.25) is 0 Å². The number of hydrogen-bond acceptors (Lipinski definition) is 1. The first-order chi connectivity index (χ1) is 4.62. The molecule has 0 atom stereocenters. The summed E-state index contributed by atoms with van der Waals surface area (Å²) in [6.07, 6.45) is 2.22. The second-order valence-electron chi connectivity index (χ2n) is 3.39. The lowest BCUT2D eigenvalue weighted by Crippen LogP contribution is -2.18. The molecule has 0 fully saturated rings. The Morgan fingerprint density at radius 1 is 1.40 bits per heavy atom. The molecule has 0 amide bonds. The van der Waals surface area contributed by atoms with E-state index in [-0.39, 0.29) is 0 Å². The van der Waals surface area contributed by atoms with Crippen LogP contribution in [0.3, 0.4) is 0 Å². The molecule has 0 aliphatic heterocycles. The molecule has 0 heterocycles. The highest BCUT2D eigenvalue weighted by Crippen LogP contribution is 2.22. The van der Waals surface area contributed by atoms with Crippen molar-refractivity contribution in [3.8, 4) is 0 Å². The van der Waals surface area contributed by atoms with Crippen molar-refractivity contribution < 1.29 is 4.74 Å². The second kappa shape index (κ2) is 4.97. The van der Waals surface area contributed by atoms with Gasteiger partial charge in [-0.15, -0.1) is 11.6 Å². The van der Waals surface area contributed by atoms with Crippen LogP contribution in [0.15, 0.2) is 0 Å². The molecule has 0 bridgehead atoms. The van der Waals surface area contributed by atoms with Gasteiger partial charge in [-0.3, -0.25) is 0 Å². The summed E-state index contributed by atoms with van der Waals surface area (Å²) in [7, 11) is 1.74. The second-order valence-corrected chi connectivity index (χ2v) is 3.77. The highest BCUT2D eigenvalue weighted by molar-refractivity contribution is 6.17. The van der Waals surface area contributed by atoms with Crippen molar-refractivity contribution in [3.63, 3.8) is 0 Å². The molecule has 0 aliphatic rings. The predicted molar refractivity (Wildman–Crippen MR) is 45.6 cm³/mol. The minimum atomic E-state index is 0.295. The van der Waals surface area contributed by atoms with Crippen molar-refractivity contribution >= 4 is 11.6 Å². The molecular weight excluding hydrogens is 148 g/mol. The Morgan fingerprint density at radius 3 is 2.40 bits per heavy atom. The van der Waals surface area contributed by atoms with Gasteiger partial charge >= 0.3 is 0 Å². The molecule has 0 spiro atoms. The summed E-state index contributed by atoms with van der Waals surface area (Å²) in [6, 6.07) is 0. The van der Waals surface area contributed by atoms with E-state index in [1.807, 2.05) is 0 Å². The monoisotopic (exact) mass is 164 g/mol. The number of alkyl halides is 1. The molecule has 0 radical (unpaired) electrons. The van der Waals surface area contributed by atoms with Gasteiger partial charge in [0, 0.05) is 13.0 Å². The zero-order chi connectivity index (χ0) is 8.04. The number of methoxy groups -OCH3 is 1. The lowest BCUT2D eigenvalue weighted by Gasteiger charge is -2.22. The molecule has 62 valence electrons.